The molecule has 0 amide bonds. The molecule has 5 rings (SSSR count). The number of hydrogen-bond donors (Lipinski definition) is 0. The largest absolute Gasteiger partial charge is 0.489 e. The first-order valence-corrected chi connectivity index (χ1v) is 14.4. The van der Waals surface area contributed by atoms with Crippen LogP contribution in [0.2, 0.25) is 0 Å². The Morgan fingerprint density at radius 3 is 1.48 bits per heavy atom. The fourth-order valence-electron chi connectivity index (χ4n) is 4.08. The highest BCUT2D eigenvalue weighted by Crippen LogP contribution is 2.35. The Bertz CT molecular complexity index is 1420. The van der Waals surface area contributed by atoms with Crippen LogP contribution in [0, 0.1) is 0 Å². The highest BCUT2D eigenvalue weighted by molar-refractivity contribution is 7.97. The summed E-state index contributed by atoms with van der Waals surface area (Å²) in [6.45, 7) is 7.13. The first kappa shape index (κ1) is 27.3. The maximum absolute atomic E-state index is 6.17. The second-order valence-electron chi connectivity index (χ2n) is 10.2. The second-order valence-corrected chi connectivity index (χ2v) is 12.3. The summed E-state index contributed by atoms with van der Waals surface area (Å²) in [7, 11) is -0.398. The van der Waals surface area contributed by atoms with Crippen molar-refractivity contribution in [2.75, 3.05) is 0 Å². The topological polar surface area (TPSA) is 53.5 Å². The van der Waals surface area contributed by atoms with Crippen LogP contribution in [0.3, 0.4) is 0 Å². The van der Waals surface area contributed by atoms with E-state index >= 15 is 0 Å². The van der Waals surface area contributed by atoms with Gasteiger partial charge < -0.3 is 14.2 Å². The number of aromatic nitrogens is 2. The van der Waals surface area contributed by atoms with Crippen molar-refractivity contribution < 1.29 is 14.2 Å². The van der Waals surface area contributed by atoms with E-state index in [-0.39, 0.29) is 5.60 Å². The van der Waals surface area contributed by atoms with Gasteiger partial charge in [-0.15, -0.1) is 0 Å². The van der Waals surface area contributed by atoms with Gasteiger partial charge in [-0.05, 0) is 105 Å². The van der Waals surface area contributed by atoms with Gasteiger partial charge in [0, 0.05) is 36.9 Å². The monoisotopic (exact) mass is 549 g/mol. The number of pyridine rings is 2. The van der Waals surface area contributed by atoms with Gasteiger partial charge >= 0.3 is 0 Å². The smallest absolute Gasteiger partial charge is 0.170 e. The molecule has 5 aromatic rings. The zero-order valence-electron chi connectivity index (χ0n) is 23.0. The van der Waals surface area contributed by atoms with Gasteiger partial charge in [0.05, 0.1) is 10.9 Å². The fourth-order valence-corrected chi connectivity index (χ4v) is 6.20. The quantitative estimate of drug-likeness (QED) is 0.166. The predicted octanol–water partition coefficient (Wildman–Crippen LogP) is 7.91. The Labute approximate surface area is 239 Å². The molecule has 0 aliphatic rings. The van der Waals surface area contributed by atoms with Crippen LogP contribution in [0.15, 0.2) is 137 Å². The van der Waals surface area contributed by atoms with Gasteiger partial charge in [0.25, 0.3) is 0 Å². The van der Waals surface area contributed by atoms with E-state index in [0.29, 0.717) is 13.2 Å². The van der Waals surface area contributed by atoms with E-state index in [4.69, 9.17) is 14.2 Å². The van der Waals surface area contributed by atoms with Crippen LogP contribution in [0.1, 0.15) is 31.9 Å². The van der Waals surface area contributed by atoms with E-state index in [1.54, 1.807) is 24.8 Å². The van der Waals surface area contributed by atoms with Gasteiger partial charge in [-0.3, -0.25) is 9.97 Å². The Morgan fingerprint density at radius 1 is 0.550 bits per heavy atom. The Morgan fingerprint density at radius 2 is 1.02 bits per heavy atom. The average molecular weight is 550 g/mol. The number of hydrogen-bond acceptors (Lipinski definition) is 5. The standard InChI is InChI=1S/C34H33N2O3S/c1-34(2,3)39-28-10-12-31(13-11-28)40(32-8-4-6-29(22-32)37-24-26-14-18-35-19-15-26)33-9-5-7-30(23-33)38-25-27-16-20-36-21-17-27/h4-23H,24-25H2,1-3H3/q+1. The fraction of sp³-hybridized carbons (Fsp3) is 0.176. The van der Waals surface area contributed by atoms with Crippen molar-refractivity contribution in [2.45, 2.75) is 54.3 Å². The van der Waals surface area contributed by atoms with Crippen LogP contribution in [0.5, 0.6) is 17.2 Å². The van der Waals surface area contributed by atoms with E-state index in [1.807, 2.05) is 48.5 Å². The average Bonchev–Trinajstić information content (AvgIpc) is 2.97. The molecule has 0 fully saturated rings. The van der Waals surface area contributed by atoms with Crippen molar-refractivity contribution >= 4 is 10.9 Å². The van der Waals surface area contributed by atoms with E-state index < -0.39 is 10.9 Å². The van der Waals surface area contributed by atoms with Crippen molar-refractivity contribution in [1.29, 1.82) is 0 Å². The summed E-state index contributed by atoms with van der Waals surface area (Å²) in [5.41, 5.74) is 1.89. The summed E-state index contributed by atoms with van der Waals surface area (Å²) in [5, 5.41) is 0. The molecular weight excluding hydrogens is 516 g/mol. The number of benzene rings is 3. The minimum absolute atomic E-state index is 0.260. The molecule has 0 atom stereocenters. The SMILES string of the molecule is CC(C)(C)Oc1ccc([S+](c2cccc(OCc3ccncc3)c2)c2cccc(OCc3ccncc3)c2)cc1. The lowest BCUT2D eigenvalue weighted by atomic mass is 10.2. The van der Waals surface area contributed by atoms with Gasteiger partial charge in [0.1, 0.15) is 36.1 Å². The molecule has 0 N–H and O–H groups in total. The normalized spacial score (nSPS) is 11.3. The maximum Gasteiger partial charge on any atom is 0.170 e. The minimum Gasteiger partial charge on any atom is -0.489 e. The van der Waals surface area contributed by atoms with Gasteiger partial charge in [-0.2, -0.15) is 0 Å². The van der Waals surface area contributed by atoms with Crippen molar-refractivity contribution in [3.63, 3.8) is 0 Å². The molecule has 0 saturated heterocycles. The van der Waals surface area contributed by atoms with Crippen LogP contribution < -0.4 is 14.2 Å². The van der Waals surface area contributed by atoms with Crippen LogP contribution in [-0.4, -0.2) is 15.6 Å². The zero-order chi connectivity index (χ0) is 27.8. The Hall–Kier alpha value is -4.29. The summed E-state index contributed by atoms with van der Waals surface area (Å²) in [4.78, 5) is 11.7. The summed E-state index contributed by atoms with van der Waals surface area (Å²) < 4.78 is 18.4. The van der Waals surface area contributed by atoms with Crippen molar-refractivity contribution in [3.8, 4) is 17.2 Å². The van der Waals surface area contributed by atoms with Gasteiger partial charge in [0.2, 0.25) is 0 Å². The summed E-state index contributed by atoms with van der Waals surface area (Å²) >= 11 is 0. The summed E-state index contributed by atoms with van der Waals surface area (Å²) in [6.07, 6.45) is 7.12. The summed E-state index contributed by atoms with van der Waals surface area (Å²) in [5.74, 6) is 2.50. The molecule has 0 saturated carbocycles. The van der Waals surface area contributed by atoms with Gasteiger partial charge in [-0.1, -0.05) is 12.1 Å². The molecule has 202 valence electrons. The highest BCUT2D eigenvalue weighted by atomic mass is 32.2. The van der Waals surface area contributed by atoms with E-state index in [2.05, 4.69) is 79.3 Å². The summed E-state index contributed by atoms with van der Waals surface area (Å²) in [6, 6.07) is 33.0. The molecule has 0 aliphatic heterocycles. The Kier molecular flexibility index (Phi) is 8.67. The number of rotatable bonds is 10. The zero-order valence-corrected chi connectivity index (χ0v) is 23.8. The van der Waals surface area contributed by atoms with Crippen LogP contribution in [0.4, 0.5) is 0 Å². The lowest BCUT2D eigenvalue weighted by Crippen LogP contribution is -2.22. The Balaban J connectivity index is 1.45. The van der Waals surface area contributed by atoms with Gasteiger partial charge in [0.15, 0.2) is 14.7 Å². The molecule has 40 heavy (non-hydrogen) atoms. The van der Waals surface area contributed by atoms with E-state index in [1.165, 1.54) is 4.90 Å². The first-order valence-electron chi connectivity index (χ1n) is 13.2. The maximum atomic E-state index is 6.17. The number of nitrogens with zero attached hydrogens (tertiary/aromatic N) is 2. The molecule has 6 heteroatoms. The third-order valence-corrected chi connectivity index (χ3v) is 8.07. The van der Waals surface area contributed by atoms with Crippen molar-refractivity contribution in [2.24, 2.45) is 0 Å². The predicted molar refractivity (Wildman–Crippen MR) is 159 cm³/mol. The molecule has 2 aromatic heterocycles. The molecule has 5 nitrogen and oxygen atoms in total. The highest BCUT2D eigenvalue weighted by Gasteiger charge is 2.30. The van der Waals surface area contributed by atoms with Crippen molar-refractivity contribution in [1.82, 2.24) is 9.97 Å². The molecule has 2 heterocycles. The molecule has 3 aromatic carbocycles. The first-order chi connectivity index (χ1) is 19.4. The van der Waals surface area contributed by atoms with Crippen LogP contribution in [-0.2, 0) is 24.1 Å². The third kappa shape index (κ3) is 7.64. The van der Waals surface area contributed by atoms with E-state index in [9.17, 15) is 0 Å². The third-order valence-electron chi connectivity index (χ3n) is 5.88. The van der Waals surface area contributed by atoms with Crippen LogP contribution >= 0.6 is 0 Å². The second kappa shape index (κ2) is 12.7. The molecule has 0 bridgehead atoms. The number of ether oxygens (including phenoxy) is 3. The molecule has 0 unspecified atom stereocenters. The molecule has 0 aliphatic carbocycles. The van der Waals surface area contributed by atoms with Gasteiger partial charge in [-0.25, -0.2) is 0 Å². The molecule has 0 spiro atoms. The molecular formula is C34H33N2O3S+. The van der Waals surface area contributed by atoms with Crippen LogP contribution in [0.25, 0.3) is 0 Å². The van der Waals surface area contributed by atoms with E-state index in [0.717, 1.165) is 38.2 Å². The molecule has 0 radical (unpaired) electrons. The minimum atomic E-state index is -0.398. The van der Waals surface area contributed by atoms with Crippen molar-refractivity contribution in [3.05, 3.63) is 133 Å². The lowest BCUT2D eigenvalue weighted by Gasteiger charge is -2.21. The lowest BCUT2D eigenvalue weighted by molar-refractivity contribution is 0.131.